The highest BCUT2D eigenvalue weighted by Crippen LogP contribution is 2.46. The van der Waals surface area contributed by atoms with Gasteiger partial charge in [-0.1, -0.05) is 120 Å². The zero-order valence-electron chi connectivity index (χ0n) is 42.8. The Labute approximate surface area is 422 Å². The summed E-state index contributed by atoms with van der Waals surface area (Å²) in [6.45, 7) is 20.9. The van der Waals surface area contributed by atoms with Crippen LogP contribution in [0.15, 0.2) is 158 Å². The molecule has 0 aliphatic carbocycles. The fraction of sp³-hybridized carbons (Fsp3) is 0.147. The molecule has 0 fully saturated rings. The molecule has 0 atom stereocenters. The van der Waals surface area contributed by atoms with Crippen LogP contribution in [0.25, 0.3) is 98.0 Å². The predicted molar refractivity (Wildman–Crippen MR) is 309 cm³/mol. The first-order valence-corrected chi connectivity index (χ1v) is 25.0. The van der Waals surface area contributed by atoms with Gasteiger partial charge in [0.25, 0.3) is 5.91 Å². The summed E-state index contributed by atoms with van der Waals surface area (Å²) in [6.07, 6.45) is 0. The second-order valence-corrected chi connectivity index (χ2v) is 20.4. The van der Waals surface area contributed by atoms with Gasteiger partial charge in [0.15, 0.2) is 0 Å². The minimum absolute atomic E-state index is 0.0768. The molecule has 0 aliphatic rings. The minimum atomic E-state index is -0.127. The second kappa shape index (κ2) is 17.8. The fourth-order valence-electron chi connectivity index (χ4n) is 11.3. The van der Waals surface area contributed by atoms with Crippen LogP contribution in [0.1, 0.15) is 81.2 Å². The maximum absolute atomic E-state index is 14.2. The van der Waals surface area contributed by atoms with Crippen LogP contribution in [0.2, 0.25) is 0 Å². The van der Waals surface area contributed by atoms with Crippen molar-refractivity contribution in [3.8, 4) is 22.3 Å². The number of fused-ring (bicyclic) bond motifs is 6. The van der Waals surface area contributed by atoms with Crippen LogP contribution >= 0.6 is 0 Å². The highest BCUT2D eigenvalue weighted by molar-refractivity contribution is 6.22. The number of allylic oxidation sites excluding steroid dienone is 2. The topological polar surface area (TPSA) is 58.2 Å². The number of aryl methyl sites for hydroxylation is 7. The van der Waals surface area contributed by atoms with E-state index in [2.05, 4.69) is 206 Å². The van der Waals surface area contributed by atoms with E-state index in [1.165, 1.54) is 94.7 Å². The number of rotatable bonds is 7. The lowest BCUT2D eigenvalue weighted by molar-refractivity contribution is -0.114. The molecule has 0 aliphatic heterocycles. The Morgan fingerprint density at radius 2 is 0.819 bits per heavy atom. The molecule has 11 aromatic carbocycles. The van der Waals surface area contributed by atoms with E-state index in [-0.39, 0.29) is 11.8 Å². The molecule has 0 saturated heterocycles. The zero-order chi connectivity index (χ0) is 50.3. The van der Waals surface area contributed by atoms with Gasteiger partial charge in [-0.15, -0.1) is 0 Å². The Morgan fingerprint density at radius 1 is 0.333 bits per heavy atom. The van der Waals surface area contributed by atoms with Gasteiger partial charge in [0, 0.05) is 23.9 Å². The Morgan fingerprint density at radius 3 is 1.39 bits per heavy atom. The molecule has 2 amide bonds. The van der Waals surface area contributed by atoms with Gasteiger partial charge in [0.05, 0.1) is 0 Å². The van der Waals surface area contributed by atoms with Crippen LogP contribution < -0.4 is 10.6 Å². The summed E-state index contributed by atoms with van der Waals surface area (Å²) in [5, 5.41) is 20.3. The van der Waals surface area contributed by atoms with Gasteiger partial charge in [0.2, 0.25) is 5.91 Å². The SMILES string of the molecule is CC(=O)Nc1cc(C)c2cc(/C(C)=C(\C)c3ccc4cc(NC(=O)c5cc6ccc(-c7c8ccc(C)cc8c(-c8ccc9cc(C)cc(C)c9c8)c8ccc(C)cc78)cc6cc5C)cc(C)c4c3)ccc2c1. The van der Waals surface area contributed by atoms with Crippen LogP contribution in [0, 0.1) is 48.5 Å². The molecule has 72 heavy (non-hydrogen) atoms. The third-order valence-electron chi connectivity index (χ3n) is 15.1. The normalized spacial score (nSPS) is 12.1. The molecule has 11 aromatic rings. The Kier molecular flexibility index (Phi) is 11.4. The Hall–Kier alpha value is -8.34. The first-order valence-electron chi connectivity index (χ1n) is 25.0. The average molecular weight is 935 g/mol. The highest BCUT2D eigenvalue weighted by Gasteiger charge is 2.20. The van der Waals surface area contributed by atoms with E-state index in [1.807, 2.05) is 25.1 Å². The van der Waals surface area contributed by atoms with E-state index in [0.717, 1.165) is 71.7 Å². The summed E-state index contributed by atoms with van der Waals surface area (Å²) in [4.78, 5) is 25.9. The number of nitrogens with one attached hydrogen (secondary N) is 2. The molecule has 0 aromatic heterocycles. The number of hydrogen-bond donors (Lipinski definition) is 2. The van der Waals surface area contributed by atoms with Gasteiger partial charge < -0.3 is 10.6 Å². The third-order valence-corrected chi connectivity index (χ3v) is 15.1. The molecule has 11 rings (SSSR count). The van der Waals surface area contributed by atoms with E-state index in [1.54, 1.807) is 0 Å². The lowest BCUT2D eigenvalue weighted by Gasteiger charge is -2.20. The molecule has 4 nitrogen and oxygen atoms in total. The largest absolute Gasteiger partial charge is 0.326 e. The van der Waals surface area contributed by atoms with Crippen LogP contribution in [0.3, 0.4) is 0 Å². The predicted octanol–water partition coefficient (Wildman–Crippen LogP) is 18.3. The standard InChI is InChI=1S/C68H58N2O2/c1-37-12-22-59-64(25-37)66(58-21-11-38(2)26-65(58)67(59)54-20-18-50-24-39(3)23-40(4)62(50)36-54)53-19-15-49-35-63(41(5)27-55(49)30-53)68(72)70-57-29-43(7)61-34-48(14-17-52(61)32-57)45(9)44(8)47-13-16-51-31-56(69-46(10)71)28-42(6)60(51)33-47/h11-36H,1-10H3,(H,69,71)(H,70,72)/b45-44+. The molecule has 0 unspecified atom stereocenters. The van der Waals surface area contributed by atoms with E-state index >= 15 is 0 Å². The quantitative estimate of drug-likeness (QED) is 0.124. The van der Waals surface area contributed by atoms with Gasteiger partial charge in [-0.25, -0.2) is 0 Å². The Balaban J connectivity index is 0.901. The maximum atomic E-state index is 14.2. The number of carbonyl (C=O) groups is 2. The van der Waals surface area contributed by atoms with Gasteiger partial charge in [-0.2, -0.15) is 0 Å². The summed E-state index contributed by atoms with van der Waals surface area (Å²) in [5.41, 5.74) is 20.0. The molecular weight excluding hydrogens is 877 g/mol. The molecule has 0 heterocycles. The summed E-state index contributed by atoms with van der Waals surface area (Å²) in [7, 11) is 0. The van der Waals surface area contributed by atoms with E-state index in [0.29, 0.717) is 5.56 Å². The Bertz CT molecular complexity index is 4190. The highest BCUT2D eigenvalue weighted by atomic mass is 16.2. The number of amides is 2. The number of anilines is 2. The summed E-state index contributed by atoms with van der Waals surface area (Å²) >= 11 is 0. The molecule has 0 spiro atoms. The van der Waals surface area contributed by atoms with Crippen LogP contribution in [0.5, 0.6) is 0 Å². The average Bonchev–Trinajstić information content (AvgIpc) is 3.34. The van der Waals surface area contributed by atoms with Crippen molar-refractivity contribution in [2.24, 2.45) is 0 Å². The van der Waals surface area contributed by atoms with Crippen molar-refractivity contribution in [3.05, 3.63) is 213 Å². The van der Waals surface area contributed by atoms with E-state index in [9.17, 15) is 9.59 Å². The zero-order valence-corrected chi connectivity index (χ0v) is 42.8. The molecule has 4 heteroatoms. The number of hydrogen-bond acceptors (Lipinski definition) is 2. The monoisotopic (exact) mass is 934 g/mol. The van der Waals surface area contributed by atoms with Crippen LogP contribution in [-0.4, -0.2) is 11.8 Å². The smallest absolute Gasteiger partial charge is 0.255 e. The molecule has 352 valence electrons. The van der Waals surface area contributed by atoms with Crippen molar-refractivity contribution >= 4 is 99.0 Å². The number of benzene rings is 11. The first-order chi connectivity index (χ1) is 34.6. The van der Waals surface area contributed by atoms with Crippen molar-refractivity contribution in [1.29, 1.82) is 0 Å². The number of carbonyl (C=O) groups excluding carboxylic acids is 2. The first kappa shape index (κ1) is 46.1. The van der Waals surface area contributed by atoms with Gasteiger partial charge in [-0.05, 0) is 248 Å². The van der Waals surface area contributed by atoms with Crippen molar-refractivity contribution in [2.75, 3.05) is 10.6 Å². The van der Waals surface area contributed by atoms with Crippen LogP contribution in [-0.2, 0) is 4.79 Å². The molecular formula is C68H58N2O2. The maximum Gasteiger partial charge on any atom is 0.255 e. The fourth-order valence-corrected chi connectivity index (χ4v) is 11.3. The van der Waals surface area contributed by atoms with Crippen LogP contribution in [0.4, 0.5) is 11.4 Å². The molecule has 2 N–H and O–H groups in total. The van der Waals surface area contributed by atoms with Crippen molar-refractivity contribution in [1.82, 2.24) is 0 Å². The molecule has 0 radical (unpaired) electrons. The molecule has 0 saturated carbocycles. The summed E-state index contributed by atoms with van der Waals surface area (Å²) in [5.74, 6) is -0.204. The van der Waals surface area contributed by atoms with Crippen molar-refractivity contribution in [2.45, 2.75) is 69.2 Å². The molecule has 0 bridgehead atoms. The van der Waals surface area contributed by atoms with Gasteiger partial charge in [-0.3, -0.25) is 9.59 Å². The van der Waals surface area contributed by atoms with Gasteiger partial charge in [0.1, 0.15) is 0 Å². The van der Waals surface area contributed by atoms with Crippen molar-refractivity contribution in [3.63, 3.8) is 0 Å². The summed E-state index contributed by atoms with van der Waals surface area (Å²) < 4.78 is 0. The van der Waals surface area contributed by atoms with E-state index < -0.39 is 0 Å². The second-order valence-electron chi connectivity index (χ2n) is 20.4. The lowest BCUT2D eigenvalue weighted by atomic mass is 9.84. The van der Waals surface area contributed by atoms with Crippen molar-refractivity contribution < 1.29 is 9.59 Å². The van der Waals surface area contributed by atoms with E-state index in [4.69, 9.17) is 0 Å². The lowest BCUT2D eigenvalue weighted by Crippen LogP contribution is -2.13. The summed E-state index contributed by atoms with van der Waals surface area (Å²) in [6, 6.07) is 57.5. The van der Waals surface area contributed by atoms with Gasteiger partial charge >= 0.3 is 0 Å². The third kappa shape index (κ3) is 8.27. The minimum Gasteiger partial charge on any atom is -0.326 e.